The molecule has 1 unspecified atom stereocenters. The number of ketones is 1. The Kier molecular flexibility index (Phi) is 4.04. The quantitative estimate of drug-likeness (QED) is 0.825. The smallest absolute Gasteiger partial charge is 0.138 e. The van der Waals surface area contributed by atoms with Gasteiger partial charge in [0.15, 0.2) is 0 Å². The molecule has 0 amide bonds. The van der Waals surface area contributed by atoms with Crippen molar-refractivity contribution in [1.29, 1.82) is 0 Å². The summed E-state index contributed by atoms with van der Waals surface area (Å²) in [6.45, 7) is 1.81. The van der Waals surface area contributed by atoms with Gasteiger partial charge in [0.05, 0.1) is 5.02 Å². The van der Waals surface area contributed by atoms with Crippen LogP contribution in [0.3, 0.4) is 0 Å². The van der Waals surface area contributed by atoms with E-state index in [1.54, 1.807) is 12.3 Å². The maximum absolute atomic E-state index is 11.4. The summed E-state index contributed by atoms with van der Waals surface area (Å²) < 4.78 is 0. The summed E-state index contributed by atoms with van der Waals surface area (Å²) in [7, 11) is 0. The van der Waals surface area contributed by atoms with E-state index in [-0.39, 0.29) is 11.8 Å². The lowest BCUT2D eigenvalue weighted by atomic mass is 10.1. The second-order valence-corrected chi connectivity index (χ2v) is 3.77. The highest BCUT2D eigenvalue weighted by Crippen LogP contribution is 2.14. The minimum Gasteiger partial charge on any atom is -0.328 e. The van der Waals surface area contributed by atoms with Crippen LogP contribution in [-0.2, 0) is 11.2 Å². The van der Waals surface area contributed by atoms with Crippen molar-refractivity contribution in [2.75, 3.05) is 0 Å². The first-order chi connectivity index (χ1) is 6.59. The fraction of sp³-hybridized carbons (Fsp3) is 0.400. The van der Waals surface area contributed by atoms with E-state index >= 15 is 0 Å². The molecule has 4 heteroatoms. The molecule has 1 heterocycles. The molecule has 0 saturated carbocycles. The third-order valence-electron chi connectivity index (χ3n) is 1.79. The van der Waals surface area contributed by atoms with E-state index in [1.165, 1.54) is 6.20 Å². The van der Waals surface area contributed by atoms with E-state index in [4.69, 9.17) is 17.3 Å². The highest BCUT2D eigenvalue weighted by atomic mass is 35.5. The predicted molar refractivity (Wildman–Crippen MR) is 56.2 cm³/mol. The van der Waals surface area contributed by atoms with Gasteiger partial charge in [-0.1, -0.05) is 11.6 Å². The number of hydrogen-bond acceptors (Lipinski definition) is 3. The molecule has 0 bridgehead atoms. The van der Waals surface area contributed by atoms with Crippen LogP contribution in [0.2, 0.25) is 5.02 Å². The average Bonchev–Trinajstić information content (AvgIpc) is 2.07. The number of carbonyl (C=O) groups excluding carboxylic acids is 1. The molecule has 0 saturated heterocycles. The molecule has 0 fully saturated rings. The zero-order valence-corrected chi connectivity index (χ0v) is 8.79. The van der Waals surface area contributed by atoms with Gasteiger partial charge in [-0.15, -0.1) is 0 Å². The second kappa shape index (κ2) is 5.08. The second-order valence-electron chi connectivity index (χ2n) is 3.36. The Hall–Kier alpha value is -0.930. The predicted octanol–water partition coefficient (Wildman–Crippen LogP) is 1.58. The molecule has 14 heavy (non-hydrogen) atoms. The molecule has 0 aliphatic heterocycles. The van der Waals surface area contributed by atoms with Crippen LogP contribution in [0.15, 0.2) is 18.5 Å². The lowest BCUT2D eigenvalue weighted by Gasteiger charge is -2.05. The highest BCUT2D eigenvalue weighted by Gasteiger charge is 2.08. The van der Waals surface area contributed by atoms with Crippen LogP contribution in [0.5, 0.6) is 0 Å². The number of carbonyl (C=O) groups is 1. The average molecular weight is 213 g/mol. The molecular formula is C10H13ClN2O. The van der Waals surface area contributed by atoms with Gasteiger partial charge in [0.1, 0.15) is 5.78 Å². The number of pyridine rings is 1. The Morgan fingerprint density at radius 2 is 2.43 bits per heavy atom. The molecule has 0 spiro atoms. The maximum Gasteiger partial charge on any atom is 0.138 e. The topological polar surface area (TPSA) is 56.0 Å². The first-order valence-corrected chi connectivity index (χ1v) is 4.83. The van der Waals surface area contributed by atoms with Crippen LogP contribution in [0, 0.1) is 0 Å². The van der Waals surface area contributed by atoms with Crippen molar-refractivity contribution in [1.82, 2.24) is 4.98 Å². The van der Waals surface area contributed by atoms with Crippen LogP contribution in [0.1, 0.15) is 18.9 Å². The molecule has 0 aliphatic carbocycles. The van der Waals surface area contributed by atoms with Crippen molar-refractivity contribution in [3.05, 3.63) is 29.0 Å². The summed E-state index contributed by atoms with van der Waals surface area (Å²) >= 11 is 5.86. The number of Topliss-reactive ketones (excluding diaryl/α,β-unsaturated/α-hetero) is 1. The number of aromatic nitrogens is 1. The molecular weight excluding hydrogens is 200 g/mol. The van der Waals surface area contributed by atoms with E-state index in [0.717, 1.165) is 5.56 Å². The summed E-state index contributed by atoms with van der Waals surface area (Å²) in [6.07, 6.45) is 3.89. The zero-order valence-electron chi connectivity index (χ0n) is 8.03. The fourth-order valence-electron chi connectivity index (χ4n) is 1.19. The SMILES string of the molecule is CC(N)CC(=O)Cc1ccncc1Cl. The van der Waals surface area contributed by atoms with E-state index in [1.807, 2.05) is 6.92 Å². The van der Waals surface area contributed by atoms with Crippen molar-refractivity contribution in [2.24, 2.45) is 5.73 Å². The molecule has 1 aromatic rings. The number of rotatable bonds is 4. The lowest BCUT2D eigenvalue weighted by molar-refractivity contribution is -0.118. The Balaban J connectivity index is 2.61. The van der Waals surface area contributed by atoms with Gasteiger partial charge in [-0.25, -0.2) is 0 Å². The first-order valence-electron chi connectivity index (χ1n) is 4.45. The molecule has 1 atom stereocenters. The lowest BCUT2D eigenvalue weighted by Crippen LogP contribution is -2.20. The molecule has 76 valence electrons. The summed E-state index contributed by atoms with van der Waals surface area (Å²) in [5.41, 5.74) is 6.33. The van der Waals surface area contributed by atoms with E-state index < -0.39 is 0 Å². The number of halogens is 1. The van der Waals surface area contributed by atoms with Crippen molar-refractivity contribution in [3.63, 3.8) is 0 Å². The standard InChI is InChI=1S/C10H13ClN2O/c1-7(12)4-9(14)5-8-2-3-13-6-10(8)11/h2-3,6-7H,4-5,12H2,1H3. The van der Waals surface area contributed by atoms with Crippen LogP contribution < -0.4 is 5.73 Å². The van der Waals surface area contributed by atoms with Crippen molar-refractivity contribution in [2.45, 2.75) is 25.8 Å². The van der Waals surface area contributed by atoms with Gasteiger partial charge >= 0.3 is 0 Å². The Morgan fingerprint density at radius 1 is 1.71 bits per heavy atom. The van der Waals surface area contributed by atoms with Crippen molar-refractivity contribution < 1.29 is 4.79 Å². The minimum absolute atomic E-state index is 0.0943. The Bertz CT molecular complexity index is 326. The zero-order chi connectivity index (χ0) is 10.6. The van der Waals surface area contributed by atoms with Crippen LogP contribution in [0.25, 0.3) is 0 Å². The van der Waals surface area contributed by atoms with E-state index in [2.05, 4.69) is 4.98 Å². The number of nitrogens with zero attached hydrogens (tertiary/aromatic N) is 1. The first kappa shape index (κ1) is 11.1. The Morgan fingerprint density at radius 3 is 3.00 bits per heavy atom. The van der Waals surface area contributed by atoms with Crippen LogP contribution >= 0.6 is 11.6 Å². The molecule has 2 N–H and O–H groups in total. The monoisotopic (exact) mass is 212 g/mol. The van der Waals surface area contributed by atoms with Crippen molar-refractivity contribution in [3.8, 4) is 0 Å². The number of nitrogens with two attached hydrogens (primary N) is 1. The molecule has 3 nitrogen and oxygen atoms in total. The third kappa shape index (κ3) is 3.44. The molecule has 0 aliphatic rings. The van der Waals surface area contributed by atoms with Gasteiger partial charge in [-0.2, -0.15) is 0 Å². The van der Waals surface area contributed by atoms with Crippen LogP contribution in [0.4, 0.5) is 0 Å². The molecule has 0 aromatic carbocycles. The highest BCUT2D eigenvalue weighted by molar-refractivity contribution is 6.31. The fourth-order valence-corrected chi connectivity index (χ4v) is 1.38. The van der Waals surface area contributed by atoms with Gasteiger partial charge in [0.2, 0.25) is 0 Å². The molecule has 1 rings (SSSR count). The normalized spacial score (nSPS) is 12.5. The third-order valence-corrected chi connectivity index (χ3v) is 2.13. The maximum atomic E-state index is 11.4. The summed E-state index contributed by atoms with van der Waals surface area (Å²) in [4.78, 5) is 15.3. The largest absolute Gasteiger partial charge is 0.328 e. The number of hydrogen-bond donors (Lipinski definition) is 1. The van der Waals surface area contributed by atoms with Crippen LogP contribution in [-0.4, -0.2) is 16.8 Å². The van der Waals surface area contributed by atoms with Gasteiger partial charge in [0, 0.05) is 31.3 Å². The van der Waals surface area contributed by atoms with Gasteiger partial charge in [-0.3, -0.25) is 9.78 Å². The van der Waals surface area contributed by atoms with E-state index in [0.29, 0.717) is 17.9 Å². The van der Waals surface area contributed by atoms with Gasteiger partial charge in [-0.05, 0) is 18.6 Å². The Labute approximate surface area is 88.3 Å². The minimum atomic E-state index is -0.0943. The van der Waals surface area contributed by atoms with Gasteiger partial charge < -0.3 is 5.73 Å². The van der Waals surface area contributed by atoms with E-state index in [9.17, 15) is 4.79 Å². The summed E-state index contributed by atoms with van der Waals surface area (Å²) in [5, 5.41) is 0.533. The summed E-state index contributed by atoms with van der Waals surface area (Å²) in [6, 6.07) is 1.66. The molecule has 0 radical (unpaired) electrons. The van der Waals surface area contributed by atoms with Crippen molar-refractivity contribution >= 4 is 17.4 Å². The summed E-state index contributed by atoms with van der Waals surface area (Å²) in [5.74, 6) is 0.105. The van der Waals surface area contributed by atoms with Gasteiger partial charge in [0.25, 0.3) is 0 Å². The molecule has 1 aromatic heterocycles.